The second kappa shape index (κ2) is 4.19. The van der Waals surface area contributed by atoms with Crippen LogP contribution in [0.1, 0.15) is 21.5 Å². The summed E-state index contributed by atoms with van der Waals surface area (Å²) in [6, 6.07) is 14.6. The molecule has 0 aliphatic carbocycles. The van der Waals surface area contributed by atoms with Crippen molar-refractivity contribution in [3.8, 4) is 0 Å². The molecule has 0 aromatic heterocycles. The van der Waals surface area contributed by atoms with Crippen LogP contribution in [-0.4, -0.2) is 5.78 Å². The summed E-state index contributed by atoms with van der Waals surface area (Å²) in [6.07, 6.45) is 0. The molecule has 2 aromatic carbocycles. The molecule has 0 heterocycles. The van der Waals surface area contributed by atoms with Crippen molar-refractivity contribution >= 4 is 11.5 Å². The van der Waals surface area contributed by atoms with Gasteiger partial charge in [-0.25, -0.2) is 0 Å². The highest BCUT2D eigenvalue weighted by Crippen LogP contribution is 2.13. The van der Waals surface area contributed by atoms with E-state index in [9.17, 15) is 4.79 Å². The first kappa shape index (κ1) is 10.4. The lowest BCUT2D eigenvalue weighted by atomic mass is 10.0. The van der Waals surface area contributed by atoms with Crippen LogP contribution in [-0.2, 0) is 0 Å². The van der Waals surface area contributed by atoms with Gasteiger partial charge in [0.2, 0.25) is 0 Å². The number of nitrogen functional groups attached to an aromatic ring is 1. The second-order valence-electron chi connectivity index (χ2n) is 3.82. The molecule has 0 fully saturated rings. The Morgan fingerprint density at radius 1 is 1.00 bits per heavy atom. The van der Waals surface area contributed by atoms with Gasteiger partial charge in [-0.15, -0.1) is 0 Å². The van der Waals surface area contributed by atoms with Gasteiger partial charge < -0.3 is 5.73 Å². The van der Waals surface area contributed by atoms with Crippen molar-refractivity contribution in [2.75, 3.05) is 5.73 Å². The third-order valence-electron chi connectivity index (χ3n) is 2.46. The van der Waals surface area contributed by atoms with Crippen LogP contribution in [0.15, 0.2) is 48.5 Å². The Bertz CT molecular complexity index is 515. The molecular weight excluding hydrogens is 198 g/mol. The standard InChI is InChI=1S/C14H13NO/c1-10-5-7-11(8-6-10)14(16)12-3-2-4-13(15)9-12/h2-9H,15H2,1H3. The van der Waals surface area contributed by atoms with Gasteiger partial charge in [0.15, 0.2) is 5.78 Å². The summed E-state index contributed by atoms with van der Waals surface area (Å²) in [5.74, 6) is 0.00676. The van der Waals surface area contributed by atoms with Crippen LogP contribution in [0.4, 0.5) is 5.69 Å². The van der Waals surface area contributed by atoms with Gasteiger partial charge in [0.05, 0.1) is 0 Å². The van der Waals surface area contributed by atoms with E-state index in [0.717, 1.165) is 5.56 Å². The fourth-order valence-corrected chi connectivity index (χ4v) is 1.55. The van der Waals surface area contributed by atoms with Gasteiger partial charge in [-0.1, -0.05) is 42.0 Å². The van der Waals surface area contributed by atoms with Crippen molar-refractivity contribution in [1.29, 1.82) is 0 Å². The fraction of sp³-hybridized carbons (Fsp3) is 0.0714. The SMILES string of the molecule is Cc1ccc(C(=O)c2cccc(N)c2)cc1. The average Bonchev–Trinajstić information content (AvgIpc) is 2.29. The first-order valence-corrected chi connectivity index (χ1v) is 5.14. The molecular formula is C14H13NO. The average molecular weight is 211 g/mol. The normalized spacial score (nSPS) is 10.1. The Morgan fingerprint density at radius 3 is 2.31 bits per heavy atom. The minimum absolute atomic E-state index is 0.00676. The van der Waals surface area contributed by atoms with Crippen molar-refractivity contribution in [2.24, 2.45) is 0 Å². The van der Waals surface area contributed by atoms with Crippen LogP contribution in [0.5, 0.6) is 0 Å². The maximum atomic E-state index is 12.1. The molecule has 0 saturated carbocycles. The molecule has 0 aliphatic rings. The van der Waals surface area contributed by atoms with E-state index in [-0.39, 0.29) is 5.78 Å². The van der Waals surface area contributed by atoms with Crippen LogP contribution < -0.4 is 5.73 Å². The third-order valence-corrected chi connectivity index (χ3v) is 2.46. The van der Waals surface area contributed by atoms with E-state index in [0.29, 0.717) is 16.8 Å². The van der Waals surface area contributed by atoms with Crippen molar-refractivity contribution in [2.45, 2.75) is 6.92 Å². The van der Waals surface area contributed by atoms with E-state index < -0.39 is 0 Å². The summed E-state index contributed by atoms with van der Waals surface area (Å²) in [7, 11) is 0. The minimum Gasteiger partial charge on any atom is -0.399 e. The zero-order valence-corrected chi connectivity index (χ0v) is 9.10. The highest BCUT2D eigenvalue weighted by Gasteiger charge is 2.08. The van der Waals surface area contributed by atoms with Crippen molar-refractivity contribution in [3.05, 3.63) is 65.2 Å². The van der Waals surface area contributed by atoms with Crippen LogP contribution >= 0.6 is 0 Å². The summed E-state index contributed by atoms with van der Waals surface area (Å²) in [4.78, 5) is 12.1. The summed E-state index contributed by atoms with van der Waals surface area (Å²) in [6.45, 7) is 1.99. The number of carbonyl (C=O) groups is 1. The quantitative estimate of drug-likeness (QED) is 0.613. The van der Waals surface area contributed by atoms with Gasteiger partial charge in [-0.2, -0.15) is 0 Å². The summed E-state index contributed by atoms with van der Waals surface area (Å²) < 4.78 is 0. The first-order chi connectivity index (χ1) is 7.66. The third kappa shape index (κ3) is 2.11. The van der Waals surface area contributed by atoms with Crippen molar-refractivity contribution in [3.63, 3.8) is 0 Å². The molecule has 0 saturated heterocycles. The molecule has 80 valence electrons. The number of ketones is 1. The molecule has 0 bridgehead atoms. The highest BCUT2D eigenvalue weighted by atomic mass is 16.1. The Kier molecular flexibility index (Phi) is 2.73. The van der Waals surface area contributed by atoms with Crippen LogP contribution in [0.2, 0.25) is 0 Å². The number of hydrogen-bond donors (Lipinski definition) is 1. The predicted molar refractivity (Wildman–Crippen MR) is 65.5 cm³/mol. The molecule has 2 N–H and O–H groups in total. The number of benzene rings is 2. The Balaban J connectivity index is 2.35. The molecule has 0 atom stereocenters. The molecule has 2 rings (SSSR count). The Morgan fingerprint density at radius 2 is 1.69 bits per heavy atom. The zero-order chi connectivity index (χ0) is 11.5. The zero-order valence-electron chi connectivity index (χ0n) is 9.10. The highest BCUT2D eigenvalue weighted by molar-refractivity contribution is 6.09. The lowest BCUT2D eigenvalue weighted by Crippen LogP contribution is -2.01. The molecule has 2 heteroatoms. The van der Waals surface area contributed by atoms with Gasteiger partial charge in [0, 0.05) is 16.8 Å². The van der Waals surface area contributed by atoms with E-state index in [4.69, 9.17) is 5.73 Å². The van der Waals surface area contributed by atoms with Crippen LogP contribution in [0.3, 0.4) is 0 Å². The Hall–Kier alpha value is -2.09. The maximum absolute atomic E-state index is 12.1. The number of carbonyl (C=O) groups excluding carboxylic acids is 1. The topological polar surface area (TPSA) is 43.1 Å². The van der Waals surface area contributed by atoms with Crippen molar-refractivity contribution < 1.29 is 4.79 Å². The van der Waals surface area contributed by atoms with Crippen LogP contribution in [0.25, 0.3) is 0 Å². The van der Waals surface area contributed by atoms with Gasteiger partial charge in [0.1, 0.15) is 0 Å². The molecule has 2 aromatic rings. The van der Waals surface area contributed by atoms with Gasteiger partial charge in [-0.3, -0.25) is 4.79 Å². The molecule has 0 aliphatic heterocycles. The number of rotatable bonds is 2. The van der Waals surface area contributed by atoms with Gasteiger partial charge in [0.25, 0.3) is 0 Å². The van der Waals surface area contributed by atoms with Crippen molar-refractivity contribution in [1.82, 2.24) is 0 Å². The lowest BCUT2D eigenvalue weighted by Gasteiger charge is -2.02. The predicted octanol–water partition coefficient (Wildman–Crippen LogP) is 2.81. The van der Waals surface area contributed by atoms with E-state index in [2.05, 4.69) is 0 Å². The number of aryl methyl sites for hydroxylation is 1. The van der Waals surface area contributed by atoms with E-state index >= 15 is 0 Å². The first-order valence-electron chi connectivity index (χ1n) is 5.14. The second-order valence-corrected chi connectivity index (χ2v) is 3.82. The largest absolute Gasteiger partial charge is 0.399 e. The maximum Gasteiger partial charge on any atom is 0.193 e. The molecule has 0 amide bonds. The molecule has 0 unspecified atom stereocenters. The summed E-state index contributed by atoms with van der Waals surface area (Å²) in [5.41, 5.74) is 8.72. The minimum atomic E-state index is 0.00676. The number of anilines is 1. The van der Waals surface area contributed by atoms with Gasteiger partial charge >= 0.3 is 0 Å². The number of nitrogens with two attached hydrogens (primary N) is 1. The van der Waals surface area contributed by atoms with Gasteiger partial charge in [-0.05, 0) is 19.1 Å². The van der Waals surface area contributed by atoms with E-state index in [1.807, 2.05) is 31.2 Å². The summed E-state index contributed by atoms with van der Waals surface area (Å²) in [5, 5.41) is 0. The summed E-state index contributed by atoms with van der Waals surface area (Å²) >= 11 is 0. The molecule has 0 spiro atoms. The van der Waals surface area contributed by atoms with E-state index in [1.165, 1.54) is 0 Å². The number of hydrogen-bond acceptors (Lipinski definition) is 2. The van der Waals surface area contributed by atoms with Crippen LogP contribution in [0, 0.1) is 6.92 Å². The molecule has 2 nitrogen and oxygen atoms in total. The fourth-order valence-electron chi connectivity index (χ4n) is 1.55. The molecule has 16 heavy (non-hydrogen) atoms. The van der Waals surface area contributed by atoms with E-state index in [1.54, 1.807) is 24.3 Å². The molecule has 0 radical (unpaired) electrons. The monoisotopic (exact) mass is 211 g/mol. The smallest absolute Gasteiger partial charge is 0.193 e. The Labute approximate surface area is 94.7 Å². The lowest BCUT2D eigenvalue weighted by molar-refractivity contribution is 0.103.